The molecule has 0 aliphatic carbocycles. The number of phosphoric ester groups is 1. The largest absolute Gasteiger partial charge is 0.472 e. The minimum Gasteiger partial charge on any atom is -0.457 e. The summed E-state index contributed by atoms with van der Waals surface area (Å²) in [4.78, 5) is 22.4. The van der Waals surface area contributed by atoms with Crippen LogP contribution in [0.15, 0.2) is 48.6 Å². The summed E-state index contributed by atoms with van der Waals surface area (Å²) in [6, 6.07) is 0. The highest BCUT2D eigenvalue weighted by Gasteiger charge is 2.25. The number of carbonyl (C=O) groups is 1. The molecule has 0 aromatic rings. The summed E-state index contributed by atoms with van der Waals surface area (Å²) in [6.45, 7) is 4.72. The maximum absolute atomic E-state index is 12.5. The summed E-state index contributed by atoms with van der Waals surface area (Å²) in [5.41, 5.74) is 5.35. The Morgan fingerprint density at radius 2 is 1.17 bits per heavy atom. The van der Waals surface area contributed by atoms with Crippen LogP contribution in [0.2, 0.25) is 0 Å². The van der Waals surface area contributed by atoms with Gasteiger partial charge in [0, 0.05) is 19.6 Å². The van der Waals surface area contributed by atoms with E-state index in [9.17, 15) is 14.3 Å². The number of hydrogen-bond acceptors (Lipinski definition) is 7. The van der Waals surface area contributed by atoms with E-state index in [0.717, 1.165) is 83.5 Å². The van der Waals surface area contributed by atoms with E-state index in [-0.39, 0.29) is 32.3 Å². The molecule has 0 aromatic carbocycles. The van der Waals surface area contributed by atoms with Gasteiger partial charge in [0.25, 0.3) is 0 Å². The molecule has 0 radical (unpaired) electrons. The van der Waals surface area contributed by atoms with Crippen LogP contribution in [0.5, 0.6) is 0 Å². The number of phosphoric acid groups is 1. The van der Waals surface area contributed by atoms with Gasteiger partial charge in [-0.1, -0.05) is 127 Å². The van der Waals surface area contributed by atoms with E-state index < -0.39 is 13.9 Å². The van der Waals surface area contributed by atoms with Gasteiger partial charge in [0.1, 0.15) is 6.10 Å². The lowest BCUT2D eigenvalue weighted by molar-refractivity contribution is -0.154. The van der Waals surface area contributed by atoms with Gasteiger partial charge >= 0.3 is 13.8 Å². The Morgan fingerprint density at radius 3 is 1.77 bits per heavy atom. The molecule has 48 heavy (non-hydrogen) atoms. The van der Waals surface area contributed by atoms with Crippen molar-refractivity contribution in [2.75, 3.05) is 33.0 Å². The van der Waals surface area contributed by atoms with Crippen molar-refractivity contribution >= 4 is 13.8 Å². The van der Waals surface area contributed by atoms with E-state index >= 15 is 0 Å². The summed E-state index contributed by atoms with van der Waals surface area (Å²) >= 11 is 0. The molecule has 2 unspecified atom stereocenters. The highest BCUT2D eigenvalue weighted by molar-refractivity contribution is 7.47. The van der Waals surface area contributed by atoms with Crippen molar-refractivity contribution < 1.29 is 32.8 Å². The van der Waals surface area contributed by atoms with E-state index in [1.807, 2.05) is 0 Å². The van der Waals surface area contributed by atoms with Crippen molar-refractivity contribution in [1.29, 1.82) is 0 Å². The molecular weight excluding hydrogens is 625 g/mol. The number of nitrogens with two attached hydrogens (primary N) is 1. The Morgan fingerprint density at radius 1 is 0.646 bits per heavy atom. The smallest absolute Gasteiger partial charge is 0.457 e. The second kappa shape index (κ2) is 36.7. The number of esters is 1. The van der Waals surface area contributed by atoms with Gasteiger partial charge in [0.15, 0.2) is 0 Å². The van der Waals surface area contributed by atoms with Crippen LogP contribution in [-0.2, 0) is 27.9 Å². The second-order valence-corrected chi connectivity index (χ2v) is 13.9. The first-order valence-electron chi connectivity index (χ1n) is 19.1. The van der Waals surface area contributed by atoms with E-state index in [0.29, 0.717) is 13.0 Å². The standard InChI is InChI=1S/C39H72NO7P/c1-3-5-7-9-11-13-15-17-19-20-22-24-26-28-30-32-39(41)47-38(37-46-48(42,43)45-35-33-40)36-44-34-31-29-27-25-23-21-18-16-14-12-10-8-6-4-2/h6,8,12,14,17-19,21,38H,3-5,7,9-11,13,15-16,20,22-37,40H2,1-2H3,(H,42,43)/b8-6-,14-12-,19-17-,21-18-. The molecule has 0 saturated heterocycles. The molecule has 0 rings (SSSR count). The van der Waals surface area contributed by atoms with Gasteiger partial charge in [-0.25, -0.2) is 4.57 Å². The third-order valence-corrected chi connectivity index (χ3v) is 8.71. The summed E-state index contributed by atoms with van der Waals surface area (Å²) in [7, 11) is -4.28. The van der Waals surface area contributed by atoms with Crippen molar-refractivity contribution in [3.05, 3.63) is 48.6 Å². The minimum atomic E-state index is -4.28. The molecule has 0 heterocycles. The average Bonchev–Trinajstić information content (AvgIpc) is 3.07. The Balaban J connectivity index is 4.15. The van der Waals surface area contributed by atoms with Gasteiger partial charge in [0.2, 0.25) is 0 Å². The number of allylic oxidation sites excluding steroid dienone is 8. The quantitative estimate of drug-likeness (QED) is 0.0287. The van der Waals surface area contributed by atoms with Crippen molar-refractivity contribution in [1.82, 2.24) is 0 Å². The SMILES string of the molecule is CC/C=C\C/C=C\C/C=C\CCCCCCOCC(COP(=O)(O)OCCN)OC(=O)CCCCCCC/C=C\CCCCCCCC. The zero-order valence-corrected chi connectivity index (χ0v) is 31.6. The molecule has 0 fully saturated rings. The maximum atomic E-state index is 12.5. The fourth-order valence-corrected chi connectivity index (χ4v) is 5.71. The van der Waals surface area contributed by atoms with Crippen LogP contribution < -0.4 is 5.73 Å². The highest BCUT2D eigenvalue weighted by atomic mass is 31.2. The molecule has 2 atom stereocenters. The monoisotopic (exact) mass is 698 g/mol. The molecule has 0 saturated carbocycles. The lowest BCUT2D eigenvalue weighted by atomic mass is 10.1. The van der Waals surface area contributed by atoms with Crippen molar-refractivity contribution in [2.45, 2.75) is 161 Å². The van der Waals surface area contributed by atoms with Gasteiger partial charge in [-0.15, -0.1) is 0 Å². The minimum absolute atomic E-state index is 0.0935. The fraction of sp³-hybridized carbons (Fsp3) is 0.769. The molecule has 0 amide bonds. The van der Waals surface area contributed by atoms with Gasteiger partial charge in [0.05, 0.1) is 19.8 Å². The van der Waals surface area contributed by atoms with Crippen molar-refractivity contribution in [3.63, 3.8) is 0 Å². The third kappa shape index (κ3) is 35.8. The zero-order valence-electron chi connectivity index (χ0n) is 30.7. The normalized spacial score (nSPS) is 14.2. The number of carbonyl (C=O) groups excluding carboxylic acids is 1. The summed E-state index contributed by atoms with van der Waals surface area (Å²) < 4.78 is 33.3. The molecule has 0 bridgehead atoms. The van der Waals surface area contributed by atoms with Crippen LogP contribution in [0.4, 0.5) is 0 Å². The number of unbranched alkanes of at least 4 members (excludes halogenated alkanes) is 15. The number of hydrogen-bond donors (Lipinski definition) is 2. The van der Waals surface area contributed by atoms with Crippen molar-refractivity contribution in [3.8, 4) is 0 Å². The lowest BCUT2D eigenvalue weighted by Crippen LogP contribution is -2.28. The Labute approximate surface area is 294 Å². The summed E-state index contributed by atoms with van der Waals surface area (Å²) in [6.07, 6.45) is 41.2. The second-order valence-electron chi connectivity index (χ2n) is 12.4. The predicted molar refractivity (Wildman–Crippen MR) is 201 cm³/mol. The first kappa shape index (κ1) is 46.5. The third-order valence-electron chi connectivity index (χ3n) is 7.73. The van der Waals surface area contributed by atoms with Crippen LogP contribution in [0.3, 0.4) is 0 Å². The summed E-state index contributed by atoms with van der Waals surface area (Å²) in [5, 5.41) is 0. The van der Waals surface area contributed by atoms with Gasteiger partial charge < -0.3 is 20.1 Å². The van der Waals surface area contributed by atoms with E-state index in [4.69, 9.17) is 24.3 Å². The average molecular weight is 698 g/mol. The van der Waals surface area contributed by atoms with E-state index in [1.165, 1.54) is 51.4 Å². The van der Waals surface area contributed by atoms with Crippen LogP contribution in [0, 0.1) is 0 Å². The number of ether oxygens (including phenoxy) is 2. The molecule has 0 aliphatic rings. The van der Waals surface area contributed by atoms with Crippen LogP contribution in [0.25, 0.3) is 0 Å². The fourth-order valence-electron chi connectivity index (χ4n) is 4.94. The number of rotatable bonds is 36. The van der Waals surface area contributed by atoms with E-state index in [1.54, 1.807) is 0 Å². The highest BCUT2D eigenvalue weighted by Crippen LogP contribution is 2.43. The van der Waals surface area contributed by atoms with Gasteiger partial charge in [-0.2, -0.15) is 0 Å². The van der Waals surface area contributed by atoms with Crippen LogP contribution >= 0.6 is 7.82 Å². The molecule has 8 nitrogen and oxygen atoms in total. The first-order chi connectivity index (χ1) is 23.4. The Hall–Kier alpha value is -1.54. The molecule has 280 valence electrons. The van der Waals surface area contributed by atoms with Gasteiger partial charge in [-0.05, 0) is 70.6 Å². The maximum Gasteiger partial charge on any atom is 0.472 e. The van der Waals surface area contributed by atoms with Crippen LogP contribution in [-0.4, -0.2) is 49.9 Å². The molecule has 0 spiro atoms. The molecule has 0 aromatic heterocycles. The van der Waals surface area contributed by atoms with Crippen LogP contribution in [0.1, 0.15) is 155 Å². The molecule has 9 heteroatoms. The Bertz CT molecular complexity index is 874. The van der Waals surface area contributed by atoms with Crippen molar-refractivity contribution in [2.24, 2.45) is 5.73 Å². The molecule has 3 N–H and O–H groups in total. The molecule has 0 aliphatic heterocycles. The summed E-state index contributed by atoms with van der Waals surface area (Å²) in [5.74, 6) is -0.350. The van der Waals surface area contributed by atoms with Gasteiger partial charge in [-0.3, -0.25) is 13.8 Å². The topological polar surface area (TPSA) is 117 Å². The lowest BCUT2D eigenvalue weighted by Gasteiger charge is -2.20. The predicted octanol–water partition coefficient (Wildman–Crippen LogP) is 10.9. The van der Waals surface area contributed by atoms with E-state index in [2.05, 4.69) is 62.5 Å². The zero-order chi connectivity index (χ0) is 35.2. The Kier molecular flexibility index (Phi) is 35.6. The first-order valence-corrected chi connectivity index (χ1v) is 20.6. The molecular formula is C39H72NO7P.